The number of nitrogens with one attached hydrogen (secondary N) is 1. The zero-order chi connectivity index (χ0) is 15.0. The molecule has 0 heterocycles. The van der Waals surface area contributed by atoms with Gasteiger partial charge in [-0.05, 0) is 63.9 Å². The fourth-order valence-electron chi connectivity index (χ4n) is 3.23. The van der Waals surface area contributed by atoms with Crippen LogP contribution < -0.4 is 5.32 Å². The van der Waals surface area contributed by atoms with Crippen molar-refractivity contribution < 1.29 is 9.53 Å². The van der Waals surface area contributed by atoms with Gasteiger partial charge >= 0.3 is 5.97 Å². The molecule has 0 aromatic carbocycles. The Balaban J connectivity index is 2.70. The van der Waals surface area contributed by atoms with Crippen LogP contribution in [0.4, 0.5) is 0 Å². The van der Waals surface area contributed by atoms with Crippen LogP contribution in [0.25, 0.3) is 0 Å². The number of esters is 1. The highest BCUT2D eigenvalue weighted by atomic mass is 32.2. The van der Waals surface area contributed by atoms with Gasteiger partial charge in [0.1, 0.15) is 5.54 Å². The molecule has 1 aliphatic carbocycles. The summed E-state index contributed by atoms with van der Waals surface area (Å²) in [5.74, 6) is 2.76. The van der Waals surface area contributed by atoms with Gasteiger partial charge in [0, 0.05) is 6.04 Å². The second kappa shape index (κ2) is 8.93. The molecule has 20 heavy (non-hydrogen) atoms. The first kappa shape index (κ1) is 17.8. The highest BCUT2D eigenvalue weighted by molar-refractivity contribution is 7.99. The molecule has 1 rings (SSSR count). The number of hydrogen-bond acceptors (Lipinski definition) is 4. The Bertz CT molecular complexity index is 296. The van der Waals surface area contributed by atoms with Crippen molar-refractivity contribution in [1.29, 1.82) is 0 Å². The van der Waals surface area contributed by atoms with Gasteiger partial charge in [-0.3, -0.25) is 10.1 Å². The SMILES string of the molecule is CCCSCCC1CCCC1(NC(C)C)C(=O)OCC. The molecule has 0 bridgehead atoms. The third-order valence-corrected chi connectivity index (χ3v) is 5.19. The maximum Gasteiger partial charge on any atom is 0.326 e. The molecule has 0 amide bonds. The summed E-state index contributed by atoms with van der Waals surface area (Å²) in [5, 5.41) is 3.55. The fraction of sp³-hybridized carbons (Fsp3) is 0.938. The molecule has 0 aromatic rings. The predicted octanol–water partition coefficient (Wildman–Crippen LogP) is 3.62. The average Bonchev–Trinajstić information content (AvgIpc) is 2.78. The van der Waals surface area contributed by atoms with Crippen molar-refractivity contribution >= 4 is 17.7 Å². The summed E-state index contributed by atoms with van der Waals surface area (Å²) in [6, 6.07) is 0.309. The first-order chi connectivity index (χ1) is 9.56. The lowest BCUT2D eigenvalue weighted by atomic mass is 9.84. The van der Waals surface area contributed by atoms with Crippen LogP contribution in [0.1, 0.15) is 59.8 Å². The van der Waals surface area contributed by atoms with Crippen molar-refractivity contribution in [2.24, 2.45) is 5.92 Å². The number of thioether (sulfide) groups is 1. The van der Waals surface area contributed by atoms with E-state index in [0.717, 1.165) is 31.4 Å². The maximum atomic E-state index is 12.5. The summed E-state index contributed by atoms with van der Waals surface area (Å²) >= 11 is 2.00. The van der Waals surface area contributed by atoms with Crippen LogP contribution in [0.15, 0.2) is 0 Å². The van der Waals surface area contributed by atoms with Crippen LogP contribution in [0, 0.1) is 5.92 Å². The van der Waals surface area contributed by atoms with Gasteiger partial charge in [0.25, 0.3) is 0 Å². The van der Waals surface area contributed by atoms with Crippen LogP contribution in [-0.2, 0) is 9.53 Å². The van der Waals surface area contributed by atoms with E-state index >= 15 is 0 Å². The summed E-state index contributed by atoms with van der Waals surface area (Å²) in [4.78, 5) is 12.5. The van der Waals surface area contributed by atoms with Crippen LogP contribution >= 0.6 is 11.8 Å². The van der Waals surface area contributed by atoms with Crippen molar-refractivity contribution in [2.45, 2.75) is 71.4 Å². The predicted molar refractivity (Wildman–Crippen MR) is 87.2 cm³/mol. The molecule has 0 saturated heterocycles. The Morgan fingerprint density at radius 2 is 2.15 bits per heavy atom. The van der Waals surface area contributed by atoms with E-state index in [1.54, 1.807) is 0 Å². The lowest BCUT2D eigenvalue weighted by Gasteiger charge is -2.36. The lowest BCUT2D eigenvalue weighted by Crippen LogP contribution is -2.58. The van der Waals surface area contributed by atoms with Crippen molar-refractivity contribution in [3.05, 3.63) is 0 Å². The molecule has 118 valence electrons. The van der Waals surface area contributed by atoms with Crippen molar-refractivity contribution in [2.75, 3.05) is 18.1 Å². The lowest BCUT2D eigenvalue weighted by molar-refractivity contribution is -0.153. The van der Waals surface area contributed by atoms with Gasteiger partial charge in [0.2, 0.25) is 0 Å². The summed E-state index contributed by atoms with van der Waals surface area (Å²) in [7, 11) is 0. The summed E-state index contributed by atoms with van der Waals surface area (Å²) < 4.78 is 5.38. The summed E-state index contributed by atoms with van der Waals surface area (Å²) in [5.41, 5.74) is -0.434. The Morgan fingerprint density at radius 3 is 2.75 bits per heavy atom. The van der Waals surface area contributed by atoms with Crippen LogP contribution in [-0.4, -0.2) is 35.7 Å². The summed E-state index contributed by atoms with van der Waals surface area (Å²) in [6.07, 6.45) is 5.53. The minimum atomic E-state index is -0.434. The van der Waals surface area contributed by atoms with E-state index in [1.807, 2.05) is 18.7 Å². The third-order valence-electron chi connectivity index (χ3n) is 3.97. The first-order valence-electron chi connectivity index (χ1n) is 8.09. The molecule has 1 aliphatic rings. The average molecular weight is 301 g/mol. The molecule has 0 spiro atoms. The van der Waals surface area contributed by atoms with Gasteiger partial charge in [-0.15, -0.1) is 0 Å². The van der Waals surface area contributed by atoms with E-state index in [-0.39, 0.29) is 5.97 Å². The van der Waals surface area contributed by atoms with Gasteiger partial charge in [0.05, 0.1) is 6.61 Å². The van der Waals surface area contributed by atoms with Crippen LogP contribution in [0.2, 0.25) is 0 Å². The minimum absolute atomic E-state index is 0.0308. The van der Waals surface area contributed by atoms with Crippen molar-refractivity contribution in [3.63, 3.8) is 0 Å². The molecule has 0 radical (unpaired) electrons. The molecule has 0 aliphatic heterocycles. The Morgan fingerprint density at radius 1 is 1.40 bits per heavy atom. The molecule has 3 nitrogen and oxygen atoms in total. The molecule has 4 heteroatoms. The minimum Gasteiger partial charge on any atom is -0.465 e. The van der Waals surface area contributed by atoms with Gasteiger partial charge in [0.15, 0.2) is 0 Å². The number of carbonyl (C=O) groups is 1. The van der Waals surface area contributed by atoms with E-state index < -0.39 is 5.54 Å². The number of ether oxygens (including phenoxy) is 1. The molecular formula is C16H31NO2S. The fourth-order valence-corrected chi connectivity index (χ4v) is 4.18. The van der Waals surface area contributed by atoms with Gasteiger partial charge < -0.3 is 4.74 Å². The quantitative estimate of drug-likeness (QED) is 0.521. The Kier molecular flexibility index (Phi) is 7.96. The molecular weight excluding hydrogens is 270 g/mol. The third kappa shape index (κ3) is 4.66. The molecule has 2 atom stereocenters. The smallest absolute Gasteiger partial charge is 0.326 e. The van der Waals surface area contributed by atoms with Crippen molar-refractivity contribution in [3.8, 4) is 0 Å². The van der Waals surface area contributed by atoms with Crippen molar-refractivity contribution in [1.82, 2.24) is 5.32 Å². The highest BCUT2D eigenvalue weighted by Crippen LogP contribution is 2.40. The monoisotopic (exact) mass is 301 g/mol. The largest absolute Gasteiger partial charge is 0.465 e. The zero-order valence-corrected chi connectivity index (χ0v) is 14.4. The van der Waals surface area contributed by atoms with E-state index in [2.05, 4.69) is 26.1 Å². The molecule has 2 unspecified atom stereocenters. The van der Waals surface area contributed by atoms with Crippen LogP contribution in [0.5, 0.6) is 0 Å². The zero-order valence-electron chi connectivity index (χ0n) is 13.5. The first-order valence-corrected chi connectivity index (χ1v) is 9.25. The van der Waals surface area contributed by atoms with Gasteiger partial charge in [-0.1, -0.05) is 13.3 Å². The second-order valence-corrected chi connectivity index (χ2v) is 7.21. The Labute approximate surface area is 128 Å². The Hall–Kier alpha value is -0.220. The normalized spacial score (nSPS) is 26.1. The number of carbonyl (C=O) groups excluding carboxylic acids is 1. The molecule has 1 N–H and O–H groups in total. The number of rotatable bonds is 9. The topological polar surface area (TPSA) is 38.3 Å². The standard InChI is InChI=1S/C16H31NO2S/c1-5-11-20-12-9-14-8-7-10-16(14,17-13(3)4)15(18)19-6-2/h13-14,17H,5-12H2,1-4H3. The van der Waals surface area contributed by atoms with E-state index in [0.29, 0.717) is 18.6 Å². The van der Waals surface area contributed by atoms with E-state index in [9.17, 15) is 4.79 Å². The van der Waals surface area contributed by atoms with Gasteiger partial charge in [-0.2, -0.15) is 11.8 Å². The highest BCUT2D eigenvalue weighted by Gasteiger charge is 2.49. The molecule has 1 saturated carbocycles. The molecule has 0 aromatic heterocycles. The van der Waals surface area contributed by atoms with E-state index in [4.69, 9.17) is 4.74 Å². The summed E-state index contributed by atoms with van der Waals surface area (Å²) in [6.45, 7) is 8.80. The van der Waals surface area contributed by atoms with E-state index in [1.165, 1.54) is 12.2 Å². The molecule has 1 fully saturated rings. The maximum absolute atomic E-state index is 12.5. The second-order valence-electron chi connectivity index (χ2n) is 5.98. The van der Waals surface area contributed by atoms with Gasteiger partial charge in [-0.25, -0.2) is 0 Å². The van der Waals surface area contributed by atoms with Crippen LogP contribution in [0.3, 0.4) is 0 Å². The number of hydrogen-bond donors (Lipinski definition) is 1.